The summed E-state index contributed by atoms with van der Waals surface area (Å²) in [6.45, 7) is 9.97. The third-order valence-electron chi connectivity index (χ3n) is 4.85. The van der Waals surface area contributed by atoms with Gasteiger partial charge in [-0.05, 0) is 30.4 Å². The molecular weight excluding hydrogens is 286 g/mol. The summed E-state index contributed by atoms with van der Waals surface area (Å²) in [6.07, 6.45) is 4.02. The van der Waals surface area contributed by atoms with Crippen LogP contribution in [0.2, 0.25) is 0 Å². The van der Waals surface area contributed by atoms with E-state index in [2.05, 4.69) is 32.9 Å². The average Bonchev–Trinajstić information content (AvgIpc) is 2.45. The van der Waals surface area contributed by atoms with Gasteiger partial charge in [0.05, 0.1) is 4.75 Å². The maximum atomic E-state index is 12.4. The zero-order valence-corrected chi connectivity index (χ0v) is 14.7. The first-order chi connectivity index (χ1) is 9.66. The van der Waals surface area contributed by atoms with Crippen LogP contribution in [0.5, 0.6) is 0 Å². The van der Waals surface area contributed by atoms with Crippen molar-refractivity contribution in [3.8, 4) is 0 Å². The highest BCUT2D eigenvalue weighted by molar-refractivity contribution is 8.00. The van der Waals surface area contributed by atoms with Gasteiger partial charge in [0, 0.05) is 19.5 Å². The summed E-state index contributed by atoms with van der Waals surface area (Å²) in [5.41, 5.74) is 5.97. The van der Waals surface area contributed by atoms with Crippen molar-refractivity contribution in [2.24, 2.45) is 22.2 Å². The van der Waals surface area contributed by atoms with E-state index >= 15 is 0 Å². The van der Waals surface area contributed by atoms with Crippen LogP contribution in [0.25, 0.3) is 0 Å². The first-order valence-corrected chi connectivity index (χ1v) is 8.69. The Labute approximate surface area is 132 Å². The predicted octanol–water partition coefficient (Wildman–Crippen LogP) is 2.53. The van der Waals surface area contributed by atoms with Gasteiger partial charge in [-0.3, -0.25) is 4.79 Å². The fourth-order valence-corrected chi connectivity index (χ4v) is 3.31. The molecule has 0 bridgehead atoms. The van der Waals surface area contributed by atoms with Crippen LogP contribution in [0, 0.1) is 11.3 Å². The number of rotatable bonds is 4. The van der Waals surface area contributed by atoms with Crippen LogP contribution in [0.3, 0.4) is 0 Å². The van der Waals surface area contributed by atoms with Gasteiger partial charge in [0.15, 0.2) is 5.84 Å². The Bertz CT molecular complexity index is 396. The molecule has 1 heterocycles. The second-order valence-electron chi connectivity index (χ2n) is 7.04. The summed E-state index contributed by atoms with van der Waals surface area (Å²) in [5.74, 6) is 0.832. The molecule has 0 aromatic heterocycles. The van der Waals surface area contributed by atoms with Crippen molar-refractivity contribution >= 4 is 23.5 Å². The van der Waals surface area contributed by atoms with Gasteiger partial charge in [0.1, 0.15) is 0 Å². The van der Waals surface area contributed by atoms with Gasteiger partial charge >= 0.3 is 0 Å². The van der Waals surface area contributed by atoms with E-state index in [0.29, 0.717) is 25.4 Å². The lowest BCUT2D eigenvalue weighted by Crippen LogP contribution is -2.51. The van der Waals surface area contributed by atoms with Crippen molar-refractivity contribution < 1.29 is 10.0 Å². The van der Waals surface area contributed by atoms with Gasteiger partial charge in [-0.2, -0.15) is 11.8 Å². The van der Waals surface area contributed by atoms with Crippen molar-refractivity contribution in [3.05, 3.63) is 0 Å². The summed E-state index contributed by atoms with van der Waals surface area (Å²) < 4.78 is -0.332. The molecule has 6 heteroatoms. The SMILES string of the molecule is CSC1(C(N)=NO)CCN(C(=O)CC(C)C(C)(C)C)CC1. The fraction of sp³-hybridized carbons (Fsp3) is 0.867. The van der Waals surface area contributed by atoms with Crippen molar-refractivity contribution in [2.75, 3.05) is 19.3 Å². The molecule has 3 N–H and O–H groups in total. The van der Waals surface area contributed by atoms with Crippen LogP contribution in [-0.4, -0.2) is 45.9 Å². The lowest BCUT2D eigenvalue weighted by Gasteiger charge is -2.40. The number of carbonyl (C=O) groups is 1. The lowest BCUT2D eigenvalue weighted by atomic mass is 9.80. The highest BCUT2D eigenvalue weighted by Gasteiger charge is 2.39. The molecule has 1 aliphatic heterocycles. The molecule has 0 aromatic rings. The van der Waals surface area contributed by atoms with E-state index in [4.69, 9.17) is 10.9 Å². The second kappa shape index (κ2) is 6.90. The molecule has 122 valence electrons. The predicted molar refractivity (Wildman–Crippen MR) is 88.7 cm³/mol. The van der Waals surface area contributed by atoms with E-state index in [-0.39, 0.29) is 21.9 Å². The Balaban J connectivity index is 2.62. The highest BCUT2D eigenvalue weighted by atomic mass is 32.2. The molecule has 0 saturated carbocycles. The minimum absolute atomic E-state index is 0.141. The lowest BCUT2D eigenvalue weighted by molar-refractivity contribution is -0.133. The number of oxime groups is 1. The fourth-order valence-electron chi connectivity index (χ4n) is 2.47. The van der Waals surface area contributed by atoms with Crippen molar-refractivity contribution in [3.63, 3.8) is 0 Å². The minimum Gasteiger partial charge on any atom is -0.409 e. The number of nitrogens with two attached hydrogens (primary N) is 1. The Morgan fingerprint density at radius 3 is 2.33 bits per heavy atom. The monoisotopic (exact) mass is 315 g/mol. The Hall–Kier alpha value is -0.910. The summed E-state index contributed by atoms with van der Waals surface area (Å²) >= 11 is 1.60. The van der Waals surface area contributed by atoms with E-state index in [1.807, 2.05) is 11.2 Å². The molecule has 1 atom stereocenters. The van der Waals surface area contributed by atoms with E-state index < -0.39 is 0 Å². The van der Waals surface area contributed by atoms with Gasteiger partial charge in [0.25, 0.3) is 0 Å². The molecule has 1 fully saturated rings. The molecule has 1 unspecified atom stereocenters. The number of carbonyl (C=O) groups excluding carboxylic acids is 1. The highest BCUT2D eigenvalue weighted by Crippen LogP contribution is 2.35. The molecule has 0 aliphatic carbocycles. The van der Waals surface area contributed by atoms with Gasteiger partial charge in [0.2, 0.25) is 5.91 Å². The summed E-state index contributed by atoms with van der Waals surface area (Å²) in [4.78, 5) is 14.3. The van der Waals surface area contributed by atoms with Gasteiger partial charge in [-0.15, -0.1) is 0 Å². The zero-order chi connectivity index (χ0) is 16.3. The number of hydrogen-bond donors (Lipinski definition) is 2. The maximum Gasteiger partial charge on any atom is 0.222 e. The average molecular weight is 315 g/mol. The Morgan fingerprint density at radius 2 is 1.95 bits per heavy atom. The number of hydrogen-bond acceptors (Lipinski definition) is 4. The Morgan fingerprint density at radius 1 is 1.43 bits per heavy atom. The molecule has 1 amide bonds. The van der Waals surface area contributed by atoms with Crippen molar-refractivity contribution in [1.82, 2.24) is 4.90 Å². The third-order valence-corrected chi connectivity index (χ3v) is 6.25. The number of amides is 1. The third kappa shape index (κ3) is 4.28. The standard InChI is InChI=1S/C15H29N3O2S/c1-11(14(2,3)4)10-12(19)18-8-6-15(21-5,7-9-18)13(16)17-20/h11,20H,6-10H2,1-5H3,(H2,16,17). The summed E-state index contributed by atoms with van der Waals surface area (Å²) in [7, 11) is 0. The van der Waals surface area contributed by atoms with Crippen LogP contribution in [0.4, 0.5) is 0 Å². The first kappa shape index (κ1) is 18.1. The first-order valence-electron chi connectivity index (χ1n) is 7.47. The van der Waals surface area contributed by atoms with Gasteiger partial charge in [-0.25, -0.2) is 0 Å². The van der Waals surface area contributed by atoms with E-state index in [9.17, 15) is 4.79 Å². The molecule has 5 nitrogen and oxygen atoms in total. The summed E-state index contributed by atoms with van der Waals surface area (Å²) in [5, 5.41) is 12.1. The molecule has 0 aromatic carbocycles. The smallest absolute Gasteiger partial charge is 0.222 e. The number of piperidine rings is 1. The molecular formula is C15H29N3O2S. The number of likely N-dealkylation sites (tertiary alicyclic amines) is 1. The van der Waals surface area contributed by atoms with Crippen molar-refractivity contribution in [2.45, 2.75) is 51.7 Å². The number of amidine groups is 1. The Kier molecular flexibility index (Phi) is 5.96. The van der Waals surface area contributed by atoms with E-state index in [1.165, 1.54) is 0 Å². The molecule has 1 aliphatic rings. The van der Waals surface area contributed by atoms with Crippen LogP contribution in [0.15, 0.2) is 5.16 Å². The summed E-state index contributed by atoms with van der Waals surface area (Å²) in [6, 6.07) is 0. The second-order valence-corrected chi connectivity index (χ2v) is 8.23. The van der Waals surface area contributed by atoms with Gasteiger partial charge < -0.3 is 15.8 Å². The molecule has 1 saturated heterocycles. The number of thioether (sulfide) groups is 1. The molecule has 1 rings (SSSR count). The molecule has 0 radical (unpaired) electrons. The maximum absolute atomic E-state index is 12.4. The molecule has 21 heavy (non-hydrogen) atoms. The van der Waals surface area contributed by atoms with E-state index in [1.54, 1.807) is 11.8 Å². The topological polar surface area (TPSA) is 78.9 Å². The number of nitrogens with zero attached hydrogens (tertiary/aromatic N) is 2. The largest absolute Gasteiger partial charge is 0.409 e. The van der Waals surface area contributed by atoms with Crippen LogP contribution in [0.1, 0.15) is 47.0 Å². The quantitative estimate of drug-likeness (QED) is 0.362. The van der Waals surface area contributed by atoms with E-state index in [0.717, 1.165) is 12.8 Å². The van der Waals surface area contributed by atoms with Gasteiger partial charge in [-0.1, -0.05) is 32.9 Å². The molecule has 0 spiro atoms. The zero-order valence-electron chi connectivity index (χ0n) is 13.8. The van der Waals surface area contributed by atoms with Crippen LogP contribution < -0.4 is 5.73 Å². The minimum atomic E-state index is -0.332. The normalized spacial score (nSPS) is 21.2. The van der Waals surface area contributed by atoms with Crippen LogP contribution in [-0.2, 0) is 4.79 Å². The van der Waals surface area contributed by atoms with Crippen LogP contribution >= 0.6 is 11.8 Å². The van der Waals surface area contributed by atoms with Crippen molar-refractivity contribution in [1.29, 1.82) is 0 Å².